The Morgan fingerprint density at radius 2 is 1.97 bits per heavy atom. The van der Waals surface area contributed by atoms with Gasteiger partial charge in [-0.1, -0.05) is 6.92 Å². The summed E-state index contributed by atoms with van der Waals surface area (Å²) in [7, 11) is 0. The molecule has 30 heavy (non-hydrogen) atoms. The van der Waals surface area contributed by atoms with Gasteiger partial charge in [-0.25, -0.2) is 9.67 Å². The number of amides is 1. The van der Waals surface area contributed by atoms with Crippen molar-refractivity contribution < 1.29 is 14.3 Å². The van der Waals surface area contributed by atoms with Gasteiger partial charge in [0, 0.05) is 24.7 Å². The number of likely N-dealkylation sites (tertiary alicyclic amines) is 1. The Balaban J connectivity index is 1.65. The van der Waals surface area contributed by atoms with E-state index in [0.717, 1.165) is 47.6 Å². The van der Waals surface area contributed by atoms with E-state index in [-0.39, 0.29) is 11.9 Å². The summed E-state index contributed by atoms with van der Waals surface area (Å²) in [6.07, 6.45) is 2.81. The van der Waals surface area contributed by atoms with E-state index in [9.17, 15) is 4.79 Å². The molecule has 7 nitrogen and oxygen atoms in total. The van der Waals surface area contributed by atoms with Crippen molar-refractivity contribution in [2.75, 3.05) is 26.3 Å². The molecule has 3 aromatic rings. The number of pyridine rings is 1. The van der Waals surface area contributed by atoms with Crippen LogP contribution in [0.3, 0.4) is 0 Å². The molecular weight excluding hydrogens is 380 g/mol. The number of hydrogen-bond acceptors (Lipinski definition) is 5. The predicted molar refractivity (Wildman–Crippen MR) is 114 cm³/mol. The standard InChI is InChI=1S/C23H26N4O3/c1-14(2)27-22-18(12-24-27)17(23(28)26-7-6-15(3)13-26)11-19(25-22)16-4-5-20-21(10-16)30-9-8-29-20/h4-5,10-12,14-15H,6-9,13H2,1-3H3. The fourth-order valence-electron chi connectivity index (χ4n) is 4.21. The number of nitrogens with zero attached hydrogens (tertiary/aromatic N) is 4. The Morgan fingerprint density at radius 3 is 2.70 bits per heavy atom. The number of fused-ring (bicyclic) bond motifs is 2. The van der Waals surface area contributed by atoms with E-state index in [1.165, 1.54) is 0 Å². The second kappa shape index (κ2) is 7.31. The predicted octanol–water partition coefficient (Wildman–Crippen LogP) is 3.93. The van der Waals surface area contributed by atoms with E-state index in [4.69, 9.17) is 14.5 Å². The molecule has 0 N–H and O–H groups in total. The van der Waals surface area contributed by atoms with Gasteiger partial charge in [0.15, 0.2) is 17.1 Å². The highest BCUT2D eigenvalue weighted by molar-refractivity contribution is 6.06. The molecule has 1 unspecified atom stereocenters. The molecule has 7 heteroatoms. The smallest absolute Gasteiger partial charge is 0.254 e. The maximum absolute atomic E-state index is 13.4. The van der Waals surface area contributed by atoms with Gasteiger partial charge >= 0.3 is 0 Å². The molecule has 1 aromatic carbocycles. The van der Waals surface area contributed by atoms with Crippen molar-refractivity contribution in [3.8, 4) is 22.8 Å². The normalized spacial score (nSPS) is 18.4. The SMILES string of the molecule is CC1CCN(C(=O)c2cc(-c3ccc4c(c3)OCCO4)nc3c2cnn3C(C)C)C1. The first-order valence-electron chi connectivity index (χ1n) is 10.6. The van der Waals surface area contributed by atoms with Gasteiger partial charge in [0.2, 0.25) is 0 Å². The van der Waals surface area contributed by atoms with Crippen LogP contribution >= 0.6 is 0 Å². The minimum Gasteiger partial charge on any atom is -0.486 e. The number of rotatable bonds is 3. The van der Waals surface area contributed by atoms with E-state index in [2.05, 4.69) is 25.9 Å². The van der Waals surface area contributed by atoms with Crippen molar-refractivity contribution in [2.45, 2.75) is 33.2 Å². The number of carbonyl (C=O) groups excluding carboxylic acids is 1. The molecule has 0 saturated carbocycles. The van der Waals surface area contributed by atoms with Crippen molar-refractivity contribution >= 4 is 16.9 Å². The molecule has 0 radical (unpaired) electrons. The zero-order valence-corrected chi connectivity index (χ0v) is 17.6. The Bertz CT molecular complexity index is 1120. The lowest BCUT2D eigenvalue weighted by atomic mass is 10.1. The van der Waals surface area contributed by atoms with Crippen LogP contribution in [0.4, 0.5) is 0 Å². The maximum atomic E-state index is 13.4. The molecule has 2 aromatic heterocycles. The molecule has 1 fully saturated rings. The minimum atomic E-state index is 0.0499. The highest BCUT2D eigenvalue weighted by atomic mass is 16.6. The lowest BCUT2D eigenvalue weighted by Crippen LogP contribution is -2.28. The van der Waals surface area contributed by atoms with Crippen LogP contribution in [-0.2, 0) is 0 Å². The van der Waals surface area contributed by atoms with Crippen molar-refractivity contribution in [3.05, 3.63) is 36.0 Å². The summed E-state index contributed by atoms with van der Waals surface area (Å²) in [6, 6.07) is 7.83. The third-order valence-electron chi connectivity index (χ3n) is 5.84. The number of benzene rings is 1. The van der Waals surface area contributed by atoms with Gasteiger partial charge < -0.3 is 14.4 Å². The molecule has 1 amide bonds. The summed E-state index contributed by atoms with van der Waals surface area (Å²) in [4.78, 5) is 20.3. The summed E-state index contributed by atoms with van der Waals surface area (Å²) in [5.41, 5.74) is 3.01. The van der Waals surface area contributed by atoms with Gasteiger partial charge in [-0.3, -0.25) is 4.79 Å². The fraction of sp³-hybridized carbons (Fsp3) is 0.435. The van der Waals surface area contributed by atoms with Gasteiger partial charge in [-0.2, -0.15) is 5.10 Å². The lowest BCUT2D eigenvalue weighted by molar-refractivity contribution is 0.0790. The molecule has 156 valence electrons. The number of carbonyl (C=O) groups is 1. The monoisotopic (exact) mass is 406 g/mol. The van der Waals surface area contributed by atoms with Gasteiger partial charge in [-0.05, 0) is 50.5 Å². The second-order valence-electron chi connectivity index (χ2n) is 8.48. The highest BCUT2D eigenvalue weighted by Gasteiger charge is 2.27. The van der Waals surface area contributed by atoms with E-state index in [0.29, 0.717) is 30.4 Å². The molecule has 2 aliphatic rings. The van der Waals surface area contributed by atoms with Crippen molar-refractivity contribution in [2.24, 2.45) is 5.92 Å². The first-order valence-corrected chi connectivity index (χ1v) is 10.6. The largest absolute Gasteiger partial charge is 0.486 e. The summed E-state index contributed by atoms with van der Waals surface area (Å²) in [5.74, 6) is 2.02. The lowest BCUT2D eigenvalue weighted by Gasteiger charge is -2.19. The van der Waals surface area contributed by atoms with E-state index in [1.807, 2.05) is 33.8 Å². The first kappa shape index (κ1) is 18.9. The van der Waals surface area contributed by atoms with Crippen molar-refractivity contribution in [1.29, 1.82) is 0 Å². The van der Waals surface area contributed by atoms with Crippen LogP contribution < -0.4 is 9.47 Å². The zero-order valence-electron chi connectivity index (χ0n) is 17.6. The van der Waals surface area contributed by atoms with Gasteiger partial charge in [0.1, 0.15) is 13.2 Å². The van der Waals surface area contributed by atoms with Crippen LogP contribution in [0.5, 0.6) is 11.5 Å². The van der Waals surface area contributed by atoms with Crippen LogP contribution in [0.25, 0.3) is 22.3 Å². The van der Waals surface area contributed by atoms with Crippen molar-refractivity contribution in [1.82, 2.24) is 19.7 Å². The van der Waals surface area contributed by atoms with Gasteiger partial charge in [0.25, 0.3) is 5.91 Å². The van der Waals surface area contributed by atoms with Crippen molar-refractivity contribution in [3.63, 3.8) is 0 Å². The number of ether oxygens (including phenoxy) is 2. The van der Waals surface area contributed by atoms with Crippen LogP contribution in [0.2, 0.25) is 0 Å². The molecular formula is C23H26N4O3. The molecule has 0 spiro atoms. The Labute approximate surface area is 175 Å². The summed E-state index contributed by atoms with van der Waals surface area (Å²) in [6.45, 7) is 8.98. The maximum Gasteiger partial charge on any atom is 0.254 e. The molecule has 0 aliphatic carbocycles. The molecule has 0 bridgehead atoms. The molecule has 1 saturated heterocycles. The third kappa shape index (κ3) is 3.18. The first-order chi connectivity index (χ1) is 14.5. The van der Waals surface area contributed by atoms with Gasteiger partial charge in [0.05, 0.1) is 22.8 Å². The minimum absolute atomic E-state index is 0.0499. The average molecular weight is 406 g/mol. The summed E-state index contributed by atoms with van der Waals surface area (Å²) >= 11 is 0. The van der Waals surface area contributed by atoms with E-state index < -0.39 is 0 Å². The van der Waals surface area contributed by atoms with Gasteiger partial charge in [-0.15, -0.1) is 0 Å². The second-order valence-corrected chi connectivity index (χ2v) is 8.48. The number of hydrogen-bond donors (Lipinski definition) is 0. The molecule has 4 heterocycles. The summed E-state index contributed by atoms with van der Waals surface area (Å²) in [5, 5.41) is 5.32. The summed E-state index contributed by atoms with van der Waals surface area (Å²) < 4.78 is 13.3. The van der Waals surface area contributed by atoms with Crippen LogP contribution in [0.15, 0.2) is 30.5 Å². The molecule has 1 atom stereocenters. The average Bonchev–Trinajstić information content (AvgIpc) is 3.38. The number of aromatic nitrogens is 3. The fourth-order valence-corrected chi connectivity index (χ4v) is 4.21. The van der Waals surface area contributed by atoms with E-state index >= 15 is 0 Å². The Kier molecular flexibility index (Phi) is 4.60. The third-order valence-corrected chi connectivity index (χ3v) is 5.84. The van der Waals surface area contributed by atoms with Crippen LogP contribution in [-0.4, -0.2) is 51.9 Å². The Morgan fingerprint density at radius 1 is 1.17 bits per heavy atom. The van der Waals surface area contributed by atoms with E-state index in [1.54, 1.807) is 6.20 Å². The molecule has 2 aliphatic heterocycles. The zero-order chi connectivity index (χ0) is 20.8. The molecule has 5 rings (SSSR count). The topological polar surface area (TPSA) is 69.5 Å². The quantitative estimate of drug-likeness (QED) is 0.659. The van der Waals surface area contributed by atoms with Crippen LogP contribution in [0, 0.1) is 5.92 Å². The van der Waals surface area contributed by atoms with Crippen LogP contribution in [0.1, 0.15) is 43.6 Å². The highest BCUT2D eigenvalue weighted by Crippen LogP contribution is 2.35. The Hall–Kier alpha value is -3.09.